The molecule has 11 rings (SSSR count). The number of rotatable bonds is 10. The van der Waals surface area contributed by atoms with Gasteiger partial charge in [0.25, 0.3) is 0 Å². The molecule has 10 fully saturated rings. The van der Waals surface area contributed by atoms with E-state index in [0.29, 0.717) is 44.9 Å². The fourth-order valence-electron chi connectivity index (χ4n) is 16.9. The van der Waals surface area contributed by atoms with Gasteiger partial charge < -0.3 is 109 Å². The molecule has 5 aliphatic carbocycles. The third kappa shape index (κ3) is 8.33. The van der Waals surface area contributed by atoms with Crippen LogP contribution in [0.3, 0.4) is 0 Å². The summed E-state index contributed by atoms with van der Waals surface area (Å²) in [6.45, 7) is 13.9. The fraction of sp³-hybridized carbons (Fsp3) is 0.943. The van der Waals surface area contributed by atoms with Crippen LogP contribution in [-0.2, 0) is 47.4 Å². The van der Waals surface area contributed by atoms with Crippen molar-refractivity contribution in [2.24, 2.45) is 38.9 Å². The summed E-state index contributed by atoms with van der Waals surface area (Å²) < 4.78 is 55.5. The van der Waals surface area contributed by atoms with E-state index in [1.54, 1.807) is 6.92 Å². The number of esters is 1. The van der Waals surface area contributed by atoms with Gasteiger partial charge in [0, 0.05) is 0 Å². The summed E-state index contributed by atoms with van der Waals surface area (Å²) >= 11 is 0. The van der Waals surface area contributed by atoms with Gasteiger partial charge in [0.05, 0.1) is 43.5 Å². The molecule has 0 amide bonds. The molecule has 434 valence electrons. The zero-order valence-electron chi connectivity index (χ0n) is 44.7. The van der Waals surface area contributed by atoms with E-state index >= 15 is 0 Å². The number of aliphatic hydroxyl groups excluding tert-OH is 12. The van der Waals surface area contributed by atoms with Gasteiger partial charge in [-0.3, -0.25) is 4.79 Å². The van der Waals surface area contributed by atoms with Gasteiger partial charge in [-0.1, -0.05) is 40.2 Å². The van der Waals surface area contributed by atoms with Gasteiger partial charge in [0.2, 0.25) is 0 Å². The maximum atomic E-state index is 13.9. The van der Waals surface area contributed by atoms with Crippen LogP contribution in [0.2, 0.25) is 0 Å². The minimum atomic E-state index is -1.97. The van der Waals surface area contributed by atoms with Crippen molar-refractivity contribution >= 4 is 5.97 Å². The van der Waals surface area contributed by atoms with Crippen molar-refractivity contribution in [2.75, 3.05) is 19.8 Å². The monoisotopic (exact) mass is 1090 g/mol. The zero-order valence-corrected chi connectivity index (χ0v) is 44.7. The van der Waals surface area contributed by atoms with Gasteiger partial charge in [-0.2, -0.15) is 0 Å². The molecular weight excluding hydrogens is 1000 g/mol. The highest BCUT2D eigenvalue weighted by Crippen LogP contribution is 2.77. The Morgan fingerprint density at radius 3 is 1.80 bits per heavy atom. The first-order valence-corrected chi connectivity index (χ1v) is 27.4. The van der Waals surface area contributed by atoms with Gasteiger partial charge in [0.15, 0.2) is 25.2 Å². The molecule has 0 aromatic carbocycles. The third-order valence-electron chi connectivity index (χ3n) is 21.7. The number of ether oxygens (including phenoxy) is 9. The first-order valence-electron chi connectivity index (χ1n) is 27.4. The van der Waals surface area contributed by atoms with Crippen molar-refractivity contribution < 1.29 is 114 Å². The number of fused-ring (bicyclic) bond motifs is 7. The van der Waals surface area contributed by atoms with Crippen LogP contribution >= 0.6 is 0 Å². The highest BCUT2D eigenvalue weighted by Gasteiger charge is 2.75. The van der Waals surface area contributed by atoms with Crippen molar-refractivity contribution in [2.45, 2.75) is 253 Å². The number of hydrogen-bond acceptors (Lipinski definition) is 23. The first-order chi connectivity index (χ1) is 35.5. The van der Waals surface area contributed by atoms with Crippen LogP contribution in [0.4, 0.5) is 0 Å². The molecule has 13 N–H and O–H groups in total. The average molecular weight is 1090 g/mol. The van der Waals surface area contributed by atoms with Crippen LogP contribution in [0, 0.1) is 38.9 Å². The van der Waals surface area contributed by atoms with Crippen LogP contribution in [-0.4, -0.2) is 232 Å². The summed E-state index contributed by atoms with van der Waals surface area (Å²) in [5, 5.41) is 144. The molecule has 23 nitrogen and oxygen atoms in total. The quantitative estimate of drug-likeness (QED) is 0.0632. The van der Waals surface area contributed by atoms with E-state index < -0.39 is 187 Å². The van der Waals surface area contributed by atoms with E-state index in [2.05, 4.69) is 34.6 Å². The van der Waals surface area contributed by atoms with Gasteiger partial charge >= 0.3 is 5.97 Å². The van der Waals surface area contributed by atoms with Crippen molar-refractivity contribution in [1.29, 1.82) is 0 Å². The Morgan fingerprint density at radius 2 is 1.16 bits per heavy atom. The highest BCUT2D eigenvalue weighted by molar-refractivity contribution is 5.86. The van der Waals surface area contributed by atoms with Crippen molar-refractivity contribution in [3.05, 3.63) is 11.1 Å². The summed E-state index contributed by atoms with van der Waals surface area (Å²) in [5.41, 5.74) is -3.72. The predicted molar refractivity (Wildman–Crippen MR) is 256 cm³/mol. The van der Waals surface area contributed by atoms with E-state index in [1.807, 2.05) is 6.92 Å². The van der Waals surface area contributed by atoms with Gasteiger partial charge in [-0.25, -0.2) is 0 Å². The van der Waals surface area contributed by atoms with Crippen LogP contribution < -0.4 is 0 Å². The molecule has 23 heteroatoms. The van der Waals surface area contributed by atoms with E-state index in [0.717, 1.165) is 24.0 Å². The summed E-state index contributed by atoms with van der Waals surface area (Å²) in [6, 6.07) is 0. The molecule has 6 aliphatic heterocycles. The Hall–Kier alpha value is -1.63. The zero-order chi connectivity index (χ0) is 55.4. The van der Waals surface area contributed by atoms with Crippen LogP contribution in [0.5, 0.6) is 0 Å². The Kier molecular flexibility index (Phi) is 15.0. The number of hydrogen-bond donors (Lipinski definition) is 13. The molecule has 6 saturated heterocycles. The number of aliphatic hydroxyl groups is 13. The molecule has 76 heavy (non-hydrogen) atoms. The maximum absolute atomic E-state index is 13.9. The molecule has 29 atom stereocenters. The van der Waals surface area contributed by atoms with Crippen LogP contribution in [0.25, 0.3) is 0 Å². The maximum Gasteiger partial charge on any atom is 0.316 e. The third-order valence-corrected chi connectivity index (χ3v) is 21.7. The van der Waals surface area contributed by atoms with Crippen LogP contribution in [0.15, 0.2) is 11.1 Å². The topological polar surface area (TPSA) is 363 Å². The predicted octanol–water partition coefficient (Wildman–Crippen LogP) is -2.12. The molecule has 8 unspecified atom stereocenters. The minimum absolute atomic E-state index is 0.0530. The average Bonchev–Trinajstić information content (AvgIpc) is 3.56. The Morgan fingerprint density at radius 1 is 0.579 bits per heavy atom. The molecule has 11 aliphatic rings. The lowest BCUT2D eigenvalue weighted by atomic mass is 9.33. The van der Waals surface area contributed by atoms with Crippen molar-refractivity contribution in [1.82, 2.24) is 0 Å². The van der Waals surface area contributed by atoms with Crippen molar-refractivity contribution in [3.63, 3.8) is 0 Å². The second-order valence-electron chi connectivity index (χ2n) is 25.9. The molecule has 0 aromatic heterocycles. The molecule has 0 radical (unpaired) electrons. The fourth-order valence-corrected chi connectivity index (χ4v) is 16.9. The van der Waals surface area contributed by atoms with E-state index in [-0.39, 0.29) is 17.8 Å². The Balaban J connectivity index is 0.946. The second kappa shape index (κ2) is 19.8. The van der Waals surface area contributed by atoms with Gasteiger partial charge in [0.1, 0.15) is 96.7 Å². The SMILES string of the molecule is C[C@@H]1OC(O[C@H]2C(O[C@H]3CC[C@@]4(C)C(CC[C@]5(C)C4C(O)CC4=C6C7(CC[C@](C)(OC7=O)[C@@]6(C)O)CC[C@]45C)C3(C)C)OC[C@H](O)[C@@H]2OC2O[C@H](CO)[C@@H](O)[C@H](O)[C@H]2OC2O[C@H](CO)[C@@H](O)[C@H](O)[C@H]2O)[C@H](O)[C@H](O)[C@H]1O. The lowest BCUT2D eigenvalue weighted by Crippen LogP contribution is -2.72. The Bertz CT molecular complexity index is 2200. The van der Waals surface area contributed by atoms with Gasteiger partial charge in [-0.05, 0) is 118 Å². The van der Waals surface area contributed by atoms with Gasteiger partial charge in [-0.15, -0.1) is 0 Å². The number of carbonyl (C=O) groups is 1. The molecule has 1 spiro atoms. The summed E-state index contributed by atoms with van der Waals surface area (Å²) in [5.74, 6) is -0.543. The summed E-state index contributed by atoms with van der Waals surface area (Å²) in [4.78, 5) is 13.9. The molecular formula is C53H84O23. The summed E-state index contributed by atoms with van der Waals surface area (Å²) in [7, 11) is 0. The molecule has 0 aromatic rings. The van der Waals surface area contributed by atoms with Crippen molar-refractivity contribution in [3.8, 4) is 0 Å². The highest BCUT2D eigenvalue weighted by atomic mass is 16.8. The van der Waals surface area contributed by atoms with Crippen LogP contribution in [0.1, 0.15) is 113 Å². The second-order valence-corrected chi connectivity index (χ2v) is 25.9. The standard InChI is InChI=1S/C53H84O23/c1-21-29(58)32(61)35(64)42(69-21)75-39-37(73-45-38(34(63)31(60)26(19-55)71-45)74-43-36(65)33(62)30(59)25(18-54)70-43)24(57)20-68-44(39)72-28-10-11-48(4)27(47(28,2)3)9-12-50(6)41(48)23(56)17-22-40-52(8,67)51(7)14-16-53(40,46(66)76-51)15-13-49(22,50)5/h21,23-39,41-45,54-65,67H,9-20H2,1-8H3/t21-,23?,24-,25+,26+,27?,28-,29-,30+,31+,32+,33-,34-,35+,36+,37-,38+,39+,41?,42?,43?,44?,45?,48-,49+,50+,51-,52-,53?/m0/s1. The molecule has 6 heterocycles. The normalized spacial score (nSPS) is 57.0. The lowest BCUT2D eigenvalue weighted by molar-refractivity contribution is -0.401. The largest absolute Gasteiger partial charge is 0.455 e. The van der Waals surface area contributed by atoms with E-state index in [9.17, 15) is 71.2 Å². The minimum Gasteiger partial charge on any atom is -0.455 e. The Labute approximate surface area is 441 Å². The van der Waals surface area contributed by atoms with E-state index in [1.165, 1.54) is 6.92 Å². The molecule has 2 bridgehead atoms. The first kappa shape index (κ1) is 57.6. The number of carbonyl (C=O) groups excluding carboxylic acids is 1. The molecule has 4 saturated carbocycles. The summed E-state index contributed by atoms with van der Waals surface area (Å²) in [6.07, 6.45) is -28.4. The smallest absolute Gasteiger partial charge is 0.316 e. The van der Waals surface area contributed by atoms with E-state index in [4.69, 9.17) is 42.6 Å². The lowest BCUT2D eigenvalue weighted by Gasteiger charge is -2.73.